The van der Waals surface area contributed by atoms with E-state index in [2.05, 4.69) is 32.6 Å². The van der Waals surface area contributed by atoms with Gasteiger partial charge in [0.25, 0.3) is 0 Å². The lowest BCUT2D eigenvalue weighted by Crippen LogP contribution is -2.32. The Hall–Kier alpha value is -2.53. The van der Waals surface area contributed by atoms with Crippen molar-refractivity contribution < 1.29 is 4.74 Å². The van der Waals surface area contributed by atoms with Crippen molar-refractivity contribution in [3.8, 4) is 11.6 Å². The predicted molar refractivity (Wildman–Crippen MR) is 94.5 cm³/mol. The number of pyridine rings is 1. The molecule has 4 rings (SSSR count). The van der Waals surface area contributed by atoms with Crippen LogP contribution in [-0.2, 0) is 0 Å². The standard InChI is InChI=1S/C18H15N3OS/c1-2-5-15(6-3-1)22-17-9-8-14(13-19-17)16-7-4-10-21-11-12-23-20-18(16)21/h1-10,13H,11-12H2. The molecule has 0 N–H and O–H groups in total. The van der Waals surface area contributed by atoms with Crippen LogP contribution in [0.5, 0.6) is 11.6 Å². The van der Waals surface area contributed by atoms with E-state index >= 15 is 0 Å². The summed E-state index contributed by atoms with van der Waals surface area (Å²) in [4.78, 5) is 6.60. The third-order valence-corrected chi connectivity index (χ3v) is 4.30. The fourth-order valence-corrected chi connectivity index (χ4v) is 3.20. The van der Waals surface area contributed by atoms with Crippen LogP contribution in [0.25, 0.3) is 5.57 Å². The lowest BCUT2D eigenvalue weighted by Gasteiger charge is -2.29. The molecule has 0 fully saturated rings. The molecule has 0 aliphatic carbocycles. The number of benzene rings is 1. The first-order valence-electron chi connectivity index (χ1n) is 7.45. The molecule has 0 radical (unpaired) electrons. The second-order valence-electron chi connectivity index (χ2n) is 5.16. The molecule has 2 aromatic rings. The molecule has 0 atom stereocenters. The molecular formula is C18H15N3OS. The summed E-state index contributed by atoms with van der Waals surface area (Å²) in [6.45, 7) is 0.986. The highest BCUT2D eigenvalue weighted by Crippen LogP contribution is 2.28. The molecule has 0 saturated carbocycles. The van der Waals surface area contributed by atoms with Crippen molar-refractivity contribution in [1.82, 2.24) is 9.88 Å². The van der Waals surface area contributed by atoms with Gasteiger partial charge in [0.15, 0.2) is 0 Å². The highest BCUT2D eigenvalue weighted by molar-refractivity contribution is 7.98. The number of rotatable bonds is 3. The number of hydrogen-bond acceptors (Lipinski definition) is 5. The van der Waals surface area contributed by atoms with Crippen molar-refractivity contribution >= 4 is 23.4 Å². The molecule has 0 saturated heterocycles. The average Bonchev–Trinajstić information content (AvgIpc) is 2.63. The summed E-state index contributed by atoms with van der Waals surface area (Å²) in [6.07, 6.45) is 8.04. The van der Waals surface area contributed by atoms with E-state index in [1.807, 2.05) is 48.7 Å². The first-order valence-corrected chi connectivity index (χ1v) is 8.39. The van der Waals surface area contributed by atoms with Crippen LogP contribution in [-0.4, -0.2) is 28.0 Å². The van der Waals surface area contributed by atoms with E-state index in [4.69, 9.17) is 4.74 Å². The van der Waals surface area contributed by atoms with Crippen molar-refractivity contribution in [3.63, 3.8) is 0 Å². The number of ether oxygens (including phenoxy) is 1. The maximum atomic E-state index is 5.74. The Kier molecular flexibility index (Phi) is 3.86. The van der Waals surface area contributed by atoms with Crippen LogP contribution >= 0.6 is 11.9 Å². The lowest BCUT2D eigenvalue weighted by atomic mass is 10.0. The minimum absolute atomic E-state index is 0.587. The SMILES string of the molecule is C1=CN2CCSN=C2C(c2ccc(Oc3ccccc3)nc2)=C1. The monoisotopic (exact) mass is 321 g/mol. The second kappa shape index (κ2) is 6.30. The number of nitrogens with zero attached hydrogens (tertiary/aromatic N) is 3. The minimum Gasteiger partial charge on any atom is -0.439 e. The van der Waals surface area contributed by atoms with Gasteiger partial charge in [0.1, 0.15) is 11.6 Å². The van der Waals surface area contributed by atoms with Gasteiger partial charge in [-0.2, -0.15) is 4.40 Å². The van der Waals surface area contributed by atoms with Crippen LogP contribution < -0.4 is 4.74 Å². The van der Waals surface area contributed by atoms with Gasteiger partial charge in [-0.05, 0) is 42.3 Å². The maximum Gasteiger partial charge on any atom is 0.219 e. The zero-order chi connectivity index (χ0) is 15.5. The molecule has 4 nitrogen and oxygen atoms in total. The van der Waals surface area contributed by atoms with Crippen molar-refractivity contribution in [3.05, 3.63) is 72.6 Å². The van der Waals surface area contributed by atoms with Crippen molar-refractivity contribution in [1.29, 1.82) is 0 Å². The highest BCUT2D eigenvalue weighted by atomic mass is 32.2. The van der Waals surface area contributed by atoms with Crippen molar-refractivity contribution in [2.45, 2.75) is 0 Å². The zero-order valence-electron chi connectivity index (χ0n) is 12.4. The molecule has 2 aliphatic rings. The summed E-state index contributed by atoms with van der Waals surface area (Å²) >= 11 is 1.61. The first-order chi connectivity index (χ1) is 11.4. The quantitative estimate of drug-likeness (QED) is 0.796. The van der Waals surface area contributed by atoms with Gasteiger partial charge in [0.05, 0.1) is 0 Å². The van der Waals surface area contributed by atoms with Gasteiger partial charge in [0, 0.05) is 41.9 Å². The van der Waals surface area contributed by atoms with Crippen LogP contribution in [0.1, 0.15) is 5.56 Å². The number of allylic oxidation sites excluding steroid dienone is 2. The molecule has 23 heavy (non-hydrogen) atoms. The summed E-state index contributed by atoms with van der Waals surface area (Å²) in [5.74, 6) is 3.39. The van der Waals surface area contributed by atoms with E-state index in [1.165, 1.54) is 0 Å². The van der Waals surface area contributed by atoms with Crippen molar-refractivity contribution in [2.24, 2.45) is 4.40 Å². The third kappa shape index (κ3) is 3.00. The normalized spacial score (nSPS) is 16.4. The van der Waals surface area contributed by atoms with Gasteiger partial charge in [-0.1, -0.05) is 18.2 Å². The summed E-state index contributed by atoms with van der Waals surface area (Å²) in [6, 6.07) is 13.6. The summed E-state index contributed by atoms with van der Waals surface area (Å²) < 4.78 is 10.3. The average molecular weight is 321 g/mol. The van der Waals surface area contributed by atoms with Gasteiger partial charge in [-0.15, -0.1) is 0 Å². The van der Waals surface area contributed by atoms with E-state index in [0.29, 0.717) is 5.88 Å². The van der Waals surface area contributed by atoms with Crippen LogP contribution in [0.3, 0.4) is 0 Å². The zero-order valence-corrected chi connectivity index (χ0v) is 13.2. The number of hydrogen-bond donors (Lipinski definition) is 0. The van der Waals surface area contributed by atoms with E-state index in [-0.39, 0.29) is 0 Å². The molecule has 2 aliphatic heterocycles. The number of aromatic nitrogens is 1. The Morgan fingerprint density at radius 1 is 1.09 bits per heavy atom. The van der Waals surface area contributed by atoms with Crippen molar-refractivity contribution in [2.75, 3.05) is 12.3 Å². The number of para-hydroxylation sites is 1. The van der Waals surface area contributed by atoms with Gasteiger partial charge in [0.2, 0.25) is 5.88 Å². The Balaban J connectivity index is 1.57. The first kappa shape index (κ1) is 14.1. The molecule has 0 bridgehead atoms. The molecule has 0 amide bonds. The molecule has 5 heteroatoms. The van der Waals surface area contributed by atoms with Crippen LogP contribution in [0.4, 0.5) is 0 Å². The Labute approximate surface area is 139 Å². The van der Waals surface area contributed by atoms with Gasteiger partial charge in [-0.25, -0.2) is 4.98 Å². The molecule has 0 spiro atoms. The second-order valence-corrected chi connectivity index (χ2v) is 6.01. The topological polar surface area (TPSA) is 37.7 Å². The van der Waals surface area contributed by atoms with E-state index in [1.54, 1.807) is 11.9 Å². The lowest BCUT2D eigenvalue weighted by molar-refractivity contribution is 0.463. The molecule has 114 valence electrons. The maximum absolute atomic E-state index is 5.74. The fraction of sp³-hybridized carbons (Fsp3) is 0.111. The van der Waals surface area contributed by atoms with Crippen LogP contribution in [0.2, 0.25) is 0 Å². The summed E-state index contributed by atoms with van der Waals surface area (Å²) in [5, 5.41) is 0. The highest BCUT2D eigenvalue weighted by Gasteiger charge is 2.21. The molecule has 1 aromatic carbocycles. The molecule has 0 unspecified atom stereocenters. The number of fused-ring (bicyclic) bond motifs is 1. The molecular weight excluding hydrogens is 306 g/mol. The van der Waals surface area contributed by atoms with E-state index < -0.39 is 0 Å². The van der Waals surface area contributed by atoms with E-state index in [9.17, 15) is 0 Å². The molecule has 1 aromatic heterocycles. The summed E-state index contributed by atoms with van der Waals surface area (Å²) in [7, 11) is 0. The third-order valence-electron chi connectivity index (χ3n) is 3.63. The number of amidine groups is 1. The van der Waals surface area contributed by atoms with Gasteiger partial charge < -0.3 is 9.64 Å². The van der Waals surface area contributed by atoms with Crippen LogP contribution in [0.15, 0.2) is 71.4 Å². The smallest absolute Gasteiger partial charge is 0.219 e. The minimum atomic E-state index is 0.587. The predicted octanol–water partition coefficient (Wildman–Crippen LogP) is 4.15. The Morgan fingerprint density at radius 2 is 2.00 bits per heavy atom. The fourth-order valence-electron chi connectivity index (χ4n) is 2.51. The molecule has 3 heterocycles. The van der Waals surface area contributed by atoms with Gasteiger partial charge in [-0.3, -0.25) is 0 Å². The van der Waals surface area contributed by atoms with E-state index in [0.717, 1.165) is 35.0 Å². The Bertz CT molecular complexity index is 782. The Morgan fingerprint density at radius 3 is 2.83 bits per heavy atom. The largest absolute Gasteiger partial charge is 0.439 e. The van der Waals surface area contributed by atoms with Crippen LogP contribution in [0, 0.1) is 0 Å². The van der Waals surface area contributed by atoms with Gasteiger partial charge >= 0.3 is 0 Å². The summed E-state index contributed by atoms with van der Waals surface area (Å²) in [5.41, 5.74) is 2.14.